The van der Waals surface area contributed by atoms with Crippen molar-refractivity contribution in [1.82, 2.24) is 14.8 Å². The maximum Gasteiger partial charge on any atom is 0.363 e. The average Bonchev–Trinajstić information content (AvgIpc) is 3.28. The third-order valence-corrected chi connectivity index (χ3v) is 4.80. The van der Waals surface area contributed by atoms with Crippen LogP contribution in [0.3, 0.4) is 0 Å². The molecule has 0 aliphatic rings. The topological polar surface area (TPSA) is 103 Å². The highest BCUT2D eigenvalue weighted by Gasteiger charge is 2.28. The van der Waals surface area contributed by atoms with Gasteiger partial charge in [-0.3, -0.25) is 9.59 Å². The van der Waals surface area contributed by atoms with E-state index >= 15 is 0 Å². The maximum atomic E-state index is 12.8. The van der Waals surface area contributed by atoms with Crippen molar-refractivity contribution in [2.24, 2.45) is 0 Å². The third-order valence-electron chi connectivity index (χ3n) is 4.80. The number of methoxy groups -OCH3 is 1. The summed E-state index contributed by atoms with van der Waals surface area (Å²) in [6, 6.07) is 9.22. The van der Waals surface area contributed by atoms with E-state index in [2.05, 4.69) is 10.1 Å². The minimum absolute atomic E-state index is 0.0372. The van der Waals surface area contributed by atoms with Crippen molar-refractivity contribution in [3.8, 4) is 11.4 Å². The fraction of sp³-hybridized carbons (Fsp3) is 0.273. The van der Waals surface area contributed by atoms with Gasteiger partial charge in [0.25, 0.3) is 0 Å². The Labute approximate surface area is 173 Å². The van der Waals surface area contributed by atoms with Crippen molar-refractivity contribution in [2.75, 3.05) is 7.11 Å². The molecule has 1 aromatic carbocycles. The highest BCUT2D eigenvalue weighted by Crippen LogP contribution is 2.23. The van der Waals surface area contributed by atoms with Crippen LogP contribution in [0.4, 0.5) is 0 Å². The third kappa shape index (κ3) is 3.89. The highest BCUT2D eigenvalue weighted by molar-refractivity contribution is 6.05. The summed E-state index contributed by atoms with van der Waals surface area (Å²) in [5.41, 5.74) is 2.57. The van der Waals surface area contributed by atoms with Gasteiger partial charge in [0.05, 0.1) is 24.7 Å². The molecule has 0 radical (unpaired) electrons. The lowest BCUT2D eigenvalue weighted by Crippen LogP contribution is -2.26. The van der Waals surface area contributed by atoms with Gasteiger partial charge in [-0.15, -0.1) is 0 Å². The van der Waals surface area contributed by atoms with Crippen LogP contribution in [0.5, 0.6) is 5.75 Å². The largest absolute Gasteiger partial charge is 0.493 e. The molecule has 0 aliphatic heterocycles. The van der Waals surface area contributed by atoms with Crippen LogP contribution in [0.25, 0.3) is 5.69 Å². The summed E-state index contributed by atoms with van der Waals surface area (Å²) in [4.78, 5) is 40.2. The summed E-state index contributed by atoms with van der Waals surface area (Å²) in [7, 11) is 1.42. The Kier molecular flexibility index (Phi) is 5.86. The number of para-hydroxylation sites is 1. The molecule has 0 spiro atoms. The van der Waals surface area contributed by atoms with Crippen LogP contribution >= 0.6 is 0 Å². The van der Waals surface area contributed by atoms with Crippen LogP contribution in [0.1, 0.15) is 56.4 Å². The molecule has 0 amide bonds. The molecule has 156 valence electrons. The molecule has 0 saturated carbocycles. The zero-order valence-corrected chi connectivity index (χ0v) is 17.5. The first-order chi connectivity index (χ1) is 14.2. The van der Waals surface area contributed by atoms with E-state index in [0.717, 1.165) is 5.69 Å². The molecule has 8 heteroatoms. The van der Waals surface area contributed by atoms with Crippen LogP contribution in [0.15, 0.2) is 36.5 Å². The number of aromatic nitrogens is 3. The summed E-state index contributed by atoms with van der Waals surface area (Å²) in [5.74, 6) is -1.12. The number of rotatable bonds is 7. The fourth-order valence-corrected chi connectivity index (χ4v) is 3.36. The molecule has 1 atom stereocenters. The minimum Gasteiger partial charge on any atom is -0.493 e. The molecule has 0 bridgehead atoms. The van der Waals surface area contributed by atoms with E-state index in [9.17, 15) is 14.4 Å². The van der Waals surface area contributed by atoms with Gasteiger partial charge in [0, 0.05) is 11.3 Å². The van der Waals surface area contributed by atoms with Gasteiger partial charge in [0.15, 0.2) is 17.6 Å². The number of nitrogens with zero attached hydrogens (tertiary/aromatic N) is 2. The number of Topliss-reactive ketones (excluding diaryl/α,β-unsaturated/α-hetero) is 2. The predicted molar refractivity (Wildman–Crippen MR) is 110 cm³/mol. The maximum absolute atomic E-state index is 12.8. The van der Waals surface area contributed by atoms with Crippen LogP contribution in [0.2, 0.25) is 0 Å². The van der Waals surface area contributed by atoms with E-state index < -0.39 is 17.9 Å². The van der Waals surface area contributed by atoms with E-state index in [1.165, 1.54) is 25.6 Å². The smallest absolute Gasteiger partial charge is 0.363 e. The summed E-state index contributed by atoms with van der Waals surface area (Å²) in [6.45, 7) is 6.32. The number of hydrogen-bond donors (Lipinski definition) is 1. The summed E-state index contributed by atoms with van der Waals surface area (Å²) in [6.07, 6.45) is 0.483. The average molecular weight is 409 g/mol. The molecule has 3 aromatic rings. The second-order valence-electron chi connectivity index (χ2n) is 6.92. The number of carbonyl (C=O) groups excluding carboxylic acids is 3. The van der Waals surface area contributed by atoms with Crippen molar-refractivity contribution in [3.05, 3.63) is 64.7 Å². The molecule has 1 N–H and O–H groups in total. The summed E-state index contributed by atoms with van der Waals surface area (Å²) < 4.78 is 12.1. The van der Waals surface area contributed by atoms with Gasteiger partial charge >= 0.3 is 5.97 Å². The molecular formula is C22H23N3O5. The van der Waals surface area contributed by atoms with E-state index in [1.54, 1.807) is 20.0 Å². The zero-order chi connectivity index (χ0) is 22.0. The Morgan fingerprint density at radius 2 is 1.80 bits per heavy atom. The molecule has 3 rings (SSSR count). The van der Waals surface area contributed by atoms with Crippen molar-refractivity contribution >= 4 is 17.5 Å². The van der Waals surface area contributed by atoms with Gasteiger partial charge in [-0.25, -0.2) is 9.48 Å². The number of hydrogen-bond acceptors (Lipinski definition) is 6. The number of aromatic amines is 1. The number of ketones is 2. The van der Waals surface area contributed by atoms with Crippen LogP contribution in [-0.2, 0) is 4.74 Å². The quantitative estimate of drug-likeness (QED) is 0.473. The highest BCUT2D eigenvalue weighted by atomic mass is 16.5. The number of esters is 1. The standard InChI is InChI=1S/C22H23N3O5/c1-12-18(14(3)26)13(2)23-19(12)21(27)15(4)30-22(28)20-17(29-5)11-25(24-20)16-9-7-6-8-10-16/h6-11,15,23H,1-5H3. The Hall–Kier alpha value is -3.68. The Morgan fingerprint density at radius 3 is 2.37 bits per heavy atom. The van der Waals surface area contributed by atoms with Crippen LogP contribution in [-0.4, -0.2) is 45.5 Å². The molecule has 0 fully saturated rings. The summed E-state index contributed by atoms with van der Waals surface area (Å²) >= 11 is 0. The molecule has 1 unspecified atom stereocenters. The number of benzene rings is 1. The lowest BCUT2D eigenvalue weighted by Gasteiger charge is -2.11. The summed E-state index contributed by atoms with van der Waals surface area (Å²) in [5, 5.41) is 4.25. The first-order valence-corrected chi connectivity index (χ1v) is 9.39. The van der Waals surface area contributed by atoms with Gasteiger partial charge in [-0.1, -0.05) is 18.2 Å². The van der Waals surface area contributed by atoms with Crippen LogP contribution < -0.4 is 4.74 Å². The number of aryl methyl sites for hydroxylation is 1. The second-order valence-corrected chi connectivity index (χ2v) is 6.92. The molecule has 30 heavy (non-hydrogen) atoms. The van der Waals surface area contributed by atoms with E-state index in [0.29, 0.717) is 16.8 Å². The molecule has 0 saturated heterocycles. The lowest BCUT2D eigenvalue weighted by molar-refractivity contribution is 0.0308. The molecular weight excluding hydrogens is 386 g/mol. The Morgan fingerprint density at radius 1 is 1.13 bits per heavy atom. The first kappa shape index (κ1) is 21.0. The monoisotopic (exact) mass is 409 g/mol. The van der Waals surface area contributed by atoms with Crippen molar-refractivity contribution in [2.45, 2.75) is 33.8 Å². The SMILES string of the molecule is COc1cn(-c2ccccc2)nc1C(=O)OC(C)C(=O)c1[nH]c(C)c(C(C)=O)c1C. The molecule has 0 aliphatic carbocycles. The number of carbonyl (C=O) groups is 3. The van der Waals surface area contributed by atoms with Crippen molar-refractivity contribution in [3.63, 3.8) is 0 Å². The Bertz CT molecular complexity index is 1110. The minimum atomic E-state index is -1.08. The fourth-order valence-electron chi connectivity index (χ4n) is 3.36. The van der Waals surface area contributed by atoms with E-state index in [4.69, 9.17) is 9.47 Å². The van der Waals surface area contributed by atoms with Gasteiger partial charge in [-0.2, -0.15) is 5.10 Å². The van der Waals surface area contributed by atoms with E-state index in [-0.39, 0.29) is 22.9 Å². The zero-order valence-electron chi connectivity index (χ0n) is 17.5. The lowest BCUT2D eigenvalue weighted by atomic mass is 10.0. The molecule has 8 nitrogen and oxygen atoms in total. The normalized spacial score (nSPS) is 11.8. The second kappa shape index (κ2) is 8.36. The van der Waals surface area contributed by atoms with Crippen molar-refractivity contribution < 1.29 is 23.9 Å². The predicted octanol–water partition coefficient (Wildman–Crippen LogP) is 3.46. The Balaban J connectivity index is 1.82. The number of H-pyrrole nitrogens is 1. The number of nitrogens with one attached hydrogen (secondary N) is 1. The first-order valence-electron chi connectivity index (χ1n) is 9.39. The van der Waals surface area contributed by atoms with Crippen molar-refractivity contribution in [1.29, 1.82) is 0 Å². The number of ether oxygens (including phenoxy) is 2. The van der Waals surface area contributed by atoms with Gasteiger partial charge in [0.1, 0.15) is 0 Å². The van der Waals surface area contributed by atoms with Gasteiger partial charge < -0.3 is 14.5 Å². The van der Waals surface area contributed by atoms with Crippen LogP contribution in [0, 0.1) is 13.8 Å². The molecule has 2 aromatic heterocycles. The van der Waals surface area contributed by atoms with E-state index in [1.807, 2.05) is 30.3 Å². The van der Waals surface area contributed by atoms with Gasteiger partial charge in [-0.05, 0) is 45.4 Å². The molecule has 2 heterocycles. The van der Waals surface area contributed by atoms with Gasteiger partial charge in [0.2, 0.25) is 11.5 Å².